The molecule has 0 atom stereocenters. The molecule has 1 rings (SSSR count). The maximum atomic E-state index is 13.0. The molecule has 0 heterocycles. The van der Waals surface area contributed by atoms with Gasteiger partial charge in [-0.05, 0) is 12.1 Å². The predicted molar refractivity (Wildman–Crippen MR) is 45.7 cm³/mol. The molecule has 0 radical (unpaired) electrons. The molecule has 1 aromatic rings. The minimum absolute atomic E-state index is 0.274. The Kier molecular flexibility index (Phi) is 2.61. The molecule has 0 spiro atoms. The van der Waals surface area contributed by atoms with Gasteiger partial charge in [-0.25, -0.2) is 4.39 Å². The molecule has 0 aliphatic rings. The number of nitrogens with two attached hydrogens (primary N) is 1. The van der Waals surface area contributed by atoms with E-state index in [-0.39, 0.29) is 11.4 Å². The van der Waals surface area contributed by atoms with Gasteiger partial charge in [0.05, 0.1) is 12.8 Å². The lowest BCUT2D eigenvalue weighted by atomic mass is 10.3. The normalized spacial score (nSPS) is 11.4. The second-order valence-electron chi connectivity index (χ2n) is 2.47. The van der Waals surface area contributed by atoms with Crippen LogP contribution in [0.3, 0.4) is 0 Å². The summed E-state index contributed by atoms with van der Waals surface area (Å²) in [5.41, 5.74) is 4.96. The van der Waals surface area contributed by atoms with Crippen LogP contribution in [0.1, 0.15) is 0 Å². The molecule has 0 saturated carbocycles. The topological polar surface area (TPSA) is 69.4 Å². The zero-order chi connectivity index (χ0) is 10.9. The number of anilines is 1. The fraction of sp³-hybridized carbons (Fsp3) is 0.143. The van der Waals surface area contributed by atoms with Crippen LogP contribution in [0.4, 0.5) is 14.0 Å². The average Bonchev–Trinajstić information content (AvgIpc) is 2.01. The first-order chi connectivity index (χ1) is 6.36. The molecule has 1 aromatic carbocycles. The van der Waals surface area contributed by atoms with Gasteiger partial charge in [0.2, 0.25) is 0 Å². The molecular formula is C7H7F2NO3S. The van der Waals surface area contributed by atoms with E-state index in [1.165, 1.54) is 7.11 Å². The van der Waals surface area contributed by atoms with E-state index in [9.17, 15) is 16.7 Å². The van der Waals surface area contributed by atoms with Crippen LogP contribution in [-0.2, 0) is 10.2 Å². The highest BCUT2D eigenvalue weighted by molar-refractivity contribution is 7.86. The zero-order valence-corrected chi connectivity index (χ0v) is 7.94. The first kappa shape index (κ1) is 10.7. The molecule has 7 heteroatoms. The molecule has 0 fully saturated rings. The van der Waals surface area contributed by atoms with Crippen molar-refractivity contribution in [2.45, 2.75) is 4.90 Å². The predicted octanol–water partition coefficient (Wildman–Crippen LogP) is 1.07. The minimum atomic E-state index is -4.95. The number of methoxy groups -OCH3 is 1. The molecule has 0 saturated heterocycles. The van der Waals surface area contributed by atoms with E-state index in [1.807, 2.05) is 0 Å². The Morgan fingerprint density at radius 2 is 2.00 bits per heavy atom. The fourth-order valence-corrected chi connectivity index (χ4v) is 1.46. The first-order valence-electron chi connectivity index (χ1n) is 3.44. The summed E-state index contributed by atoms with van der Waals surface area (Å²) in [6, 6.07) is 1.29. The van der Waals surface area contributed by atoms with Crippen molar-refractivity contribution < 1.29 is 21.4 Å². The number of hydrogen-bond donors (Lipinski definition) is 1. The fourth-order valence-electron chi connectivity index (χ4n) is 0.945. The third kappa shape index (κ3) is 1.92. The second kappa shape index (κ2) is 3.41. The Labute approximate surface area is 79.5 Å². The van der Waals surface area contributed by atoms with E-state index >= 15 is 0 Å². The van der Waals surface area contributed by atoms with Gasteiger partial charge in [0.15, 0.2) is 11.6 Å². The zero-order valence-electron chi connectivity index (χ0n) is 7.12. The number of nitrogen functional groups attached to an aromatic ring is 1. The van der Waals surface area contributed by atoms with Crippen molar-refractivity contribution in [3.05, 3.63) is 17.9 Å². The van der Waals surface area contributed by atoms with Gasteiger partial charge in [0.25, 0.3) is 0 Å². The molecule has 78 valence electrons. The van der Waals surface area contributed by atoms with Crippen LogP contribution >= 0.6 is 0 Å². The number of hydrogen-bond acceptors (Lipinski definition) is 4. The molecule has 0 amide bonds. The summed E-state index contributed by atoms with van der Waals surface area (Å²) in [6.45, 7) is 0. The van der Waals surface area contributed by atoms with Crippen LogP contribution in [0.2, 0.25) is 0 Å². The molecule has 0 aliphatic carbocycles. The van der Waals surface area contributed by atoms with Crippen molar-refractivity contribution in [3.63, 3.8) is 0 Å². The maximum Gasteiger partial charge on any atom is 0.332 e. The first-order valence-corrected chi connectivity index (χ1v) is 4.82. The van der Waals surface area contributed by atoms with E-state index < -0.39 is 20.9 Å². The third-order valence-electron chi connectivity index (χ3n) is 1.53. The van der Waals surface area contributed by atoms with Crippen molar-refractivity contribution >= 4 is 15.9 Å². The lowest BCUT2D eigenvalue weighted by Crippen LogP contribution is -2.00. The number of halogens is 2. The summed E-state index contributed by atoms with van der Waals surface area (Å²) in [5.74, 6) is -1.33. The van der Waals surface area contributed by atoms with Gasteiger partial charge >= 0.3 is 10.2 Å². The van der Waals surface area contributed by atoms with Crippen molar-refractivity contribution in [2.75, 3.05) is 12.8 Å². The van der Waals surface area contributed by atoms with Gasteiger partial charge in [-0.2, -0.15) is 8.42 Å². The molecule has 0 bridgehead atoms. The van der Waals surface area contributed by atoms with Crippen LogP contribution in [0.25, 0.3) is 0 Å². The largest absolute Gasteiger partial charge is 0.492 e. The standard InChI is InChI=1S/C7H7F2NO3S/c1-13-7-5(8)2-4(3-6(7)10)14(9,11)12/h2-3H,10H2,1H3. The Morgan fingerprint density at radius 3 is 2.36 bits per heavy atom. The Bertz CT molecular complexity index is 435. The summed E-state index contributed by atoms with van der Waals surface area (Å²) in [5, 5.41) is 0. The van der Waals surface area contributed by atoms with Crippen LogP contribution in [0.5, 0.6) is 5.75 Å². The van der Waals surface area contributed by atoms with Crippen LogP contribution in [0, 0.1) is 5.82 Å². The summed E-state index contributed by atoms with van der Waals surface area (Å²) < 4.78 is 50.8. The van der Waals surface area contributed by atoms with Gasteiger partial charge in [-0.3, -0.25) is 0 Å². The maximum absolute atomic E-state index is 13.0. The summed E-state index contributed by atoms with van der Waals surface area (Å²) >= 11 is 0. The SMILES string of the molecule is COc1c(N)cc(S(=O)(=O)F)cc1F. The van der Waals surface area contributed by atoms with Gasteiger partial charge in [-0.1, -0.05) is 0 Å². The Balaban J connectivity index is 3.43. The Hall–Kier alpha value is -1.37. The lowest BCUT2D eigenvalue weighted by molar-refractivity contribution is 0.388. The minimum Gasteiger partial charge on any atom is -0.492 e. The molecule has 14 heavy (non-hydrogen) atoms. The van der Waals surface area contributed by atoms with Gasteiger partial charge in [-0.15, -0.1) is 3.89 Å². The smallest absolute Gasteiger partial charge is 0.332 e. The van der Waals surface area contributed by atoms with Crippen LogP contribution < -0.4 is 10.5 Å². The summed E-state index contributed by atoms with van der Waals surface area (Å²) in [7, 11) is -3.78. The van der Waals surface area contributed by atoms with E-state index in [0.29, 0.717) is 6.07 Å². The number of benzene rings is 1. The summed E-state index contributed by atoms with van der Waals surface area (Å²) in [4.78, 5) is -0.826. The van der Waals surface area contributed by atoms with Gasteiger partial charge in [0.1, 0.15) is 4.90 Å². The second-order valence-corrected chi connectivity index (χ2v) is 3.81. The van der Waals surface area contributed by atoms with Crippen molar-refractivity contribution in [1.82, 2.24) is 0 Å². The van der Waals surface area contributed by atoms with Gasteiger partial charge < -0.3 is 10.5 Å². The Morgan fingerprint density at radius 1 is 1.43 bits per heavy atom. The van der Waals surface area contributed by atoms with Crippen molar-refractivity contribution in [2.24, 2.45) is 0 Å². The highest BCUT2D eigenvalue weighted by atomic mass is 32.3. The molecular weight excluding hydrogens is 216 g/mol. The molecule has 0 aliphatic heterocycles. The molecule has 0 aromatic heterocycles. The quantitative estimate of drug-likeness (QED) is 0.601. The summed E-state index contributed by atoms with van der Waals surface area (Å²) in [6.07, 6.45) is 0. The van der Waals surface area contributed by atoms with E-state index in [1.54, 1.807) is 0 Å². The van der Waals surface area contributed by atoms with Gasteiger partial charge in [0, 0.05) is 0 Å². The average molecular weight is 223 g/mol. The number of rotatable bonds is 2. The van der Waals surface area contributed by atoms with E-state index in [4.69, 9.17) is 5.73 Å². The molecule has 2 N–H and O–H groups in total. The van der Waals surface area contributed by atoms with Crippen molar-refractivity contribution in [3.8, 4) is 5.75 Å². The van der Waals surface area contributed by atoms with Crippen LogP contribution in [-0.4, -0.2) is 15.5 Å². The molecule has 4 nitrogen and oxygen atoms in total. The van der Waals surface area contributed by atoms with Crippen LogP contribution in [0.15, 0.2) is 17.0 Å². The van der Waals surface area contributed by atoms with E-state index in [0.717, 1.165) is 6.07 Å². The molecule has 0 unspecified atom stereocenters. The highest BCUT2D eigenvalue weighted by Crippen LogP contribution is 2.28. The lowest BCUT2D eigenvalue weighted by Gasteiger charge is -2.06. The van der Waals surface area contributed by atoms with E-state index in [2.05, 4.69) is 4.74 Å². The number of ether oxygens (including phenoxy) is 1. The monoisotopic (exact) mass is 223 g/mol. The third-order valence-corrected chi connectivity index (χ3v) is 2.33. The van der Waals surface area contributed by atoms with Crippen molar-refractivity contribution in [1.29, 1.82) is 0 Å². The highest BCUT2D eigenvalue weighted by Gasteiger charge is 2.17.